The number of rotatable bonds is 3. The van der Waals surface area contributed by atoms with E-state index >= 15 is 0 Å². The van der Waals surface area contributed by atoms with Gasteiger partial charge in [0.25, 0.3) is 0 Å². The van der Waals surface area contributed by atoms with Crippen LogP contribution in [0.5, 0.6) is 5.75 Å². The molecule has 0 aliphatic heterocycles. The summed E-state index contributed by atoms with van der Waals surface area (Å²) in [7, 11) is 0. The third kappa shape index (κ3) is 5.37. The van der Waals surface area contributed by atoms with Crippen LogP contribution in [0.3, 0.4) is 0 Å². The molecule has 0 N–H and O–H groups in total. The van der Waals surface area contributed by atoms with Crippen molar-refractivity contribution in [3.8, 4) is 5.75 Å². The Labute approximate surface area is 143 Å². The Bertz CT molecular complexity index is 480. The fourth-order valence-corrected chi connectivity index (χ4v) is 1.60. The van der Waals surface area contributed by atoms with Crippen LogP contribution in [-0.2, 0) is 6.61 Å². The maximum atomic E-state index is 5.97. The Morgan fingerprint density at radius 3 is 2.61 bits per heavy atom. The molecule has 90 valence electrons. The monoisotopic (exact) mass is 354 g/mol. The summed E-state index contributed by atoms with van der Waals surface area (Å²) in [6, 6.07) is 15.7. The van der Waals surface area contributed by atoms with Gasteiger partial charge in [0, 0.05) is 11.1 Å². The quantitative estimate of drug-likeness (QED) is 0.589. The SMILES string of the molecule is Clc1ccc(Cl)c(OCc2c[c-]ccc2)c1.[Br-].[Mg+2]. The number of halogens is 3. The average molecular weight is 356 g/mol. The van der Waals surface area contributed by atoms with E-state index in [1.807, 2.05) is 24.3 Å². The molecule has 2 aromatic rings. The van der Waals surface area contributed by atoms with E-state index < -0.39 is 0 Å². The van der Waals surface area contributed by atoms with Crippen LogP contribution in [0.2, 0.25) is 10.0 Å². The number of hydrogen-bond acceptors (Lipinski definition) is 1. The maximum absolute atomic E-state index is 5.97. The zero-order chi connectivity index (χ0) is 11.4. The van der Waals surface area contributed by atoms with Crippen molar-refractivity contribution in [2.45, 2.75) is 6.61 Å². The molecule has 1 nitrogen and oxygen atoms in total. The third-order valence-corrected chi connectivity index (χ3v) is 2.61. The second kappa shape index (κ2) is 9.05. The standard InChI is InChI=1S/C13H9Cl2O.BrH.Mg/c14-11-6-7-12(15)13(8-11)16-9-10-4-2-1-3-5-10;;/h1-2,4-8H,9H2;1H;/q-1;;+2/p-1. The Morgan fingerprint density at radius 2 is 1.94 bits per heavy atom. The van der Waals surface area contributed by atoms with Crippen molar-refractivity contribution < 1.29 is 21.7 Å². The van der Waals surface area contributed by atoms with E-state index in [9.17, 15) is 0 Å². The van der Waals surface area contributed by atoms with Crippen LogP contribution in [0.25, 0.3) is 0 Å². The third-order valence-electron chi connectivity index (χ3n) is 2.06. The van der Waals surface area contributed by atoms with E-state index in [1.165, 1.54) is 0 Å². The fourth-order valence-electron chi connectivity index (χ4n) is 1.27. The Hall–Kier alpha value is 0.0662. The molecule has 0 heterocycles. The van der Waals surface area contributed by atoms with Crippen LogP contribution in [0.1, 0.15) is 5.56 Å². The van der Waals surface area contributed by atoms with Crippen molar-refractivity contribution in [2.24, 2.45) is 0 Å². The average Bonchev–Trinajstić information content (AvgIpc) is 2.32. The van der Waals surface area contributed by atoms with Gasteiger partial charge in [-0.15, -0.1) is 5.56 Å². The van der Waals surface area contributed by atoms with E-state index in [0.29, 0.717) is 22.4 Å². The summed E-state index contributed by atoms with van der Waals surface area (Å²) in [5.74, 6) is 0.595. The second-order valence-corrected chi connectivity index (χ2v) is 4.12. The van der Waals surface area contributed by atoms with Gasteiger partial charge in [-0.1, -0.05) is 23.2 Å². The van der Waals surface area contributed by atoms with Gasteiger partial charge < -0.3 is 21.7 Å². The molecule has 0 radical (unpaired) electrons. The molecule has 0 fully saturated rings. The number of benzene rings is 2. The first-order valence-electron chi connectivity index (χ1n) is 4.78. The molecule has 0 aliphatic rings. The van der Waals surface area contributed by atoms with Crippen molar-refractivity contribution >= 4 is 46.3 Å². The molecular weight excluding hydrogens is 347 g/mol. The van der Waals surface area contributed by atoms with E-state index in [2.05, 4.69) is 6.07 Å². The summed E-state index contributed by atoms with van der Waals surface area (Å²) in [4.78, 5) is 0. The van der Waals surface area contributed by atoms with Gasteiger partial charge in [-0.2, -0.15) is 30.3 Å². The molecule has 0 saturated carbocycles. The molecule has 0 aliphatic carbocycles. The Morgan fingerprint density at radius 1 is 1.17 bits per heavy atom. The first-order chi connectivity index (χ1) is 7.75. The molecule has 0 spiro atoms. The summed E-state index contributed by atoms with van der Waals surface area (Å²) in [5, 5.41) is 1.17. The number of ether oxygens (including phenoxy) is 1. The van der Waals surface area contributed by atoms with Crippen molar-refractivity contribution in [3.05, 3.63) is 64.1 Å². The van der Waals surface area contributed by atoms with Crippen molar-refractivity contribution in [1.29, 1.82) is 0 Å². The first-order valence-corrected chi connectivity index (χ1v) is 5.54. The first kappa shape index (κ1) is 18.1. The molecule has 2 rings (SSSR count). The molecular formula is C13H9BrCl2MgO. The van der Waals surface area contributed by atoms with Crippen molar-refractivity contribution in [2.75, 3.05) is 0 Å². The van der Waals surface area contributed by atoms with Crippen LogP contribution >= 0.6 is 23.2 Å². The van der Waals surface area contributed by atoms with Gasteiger partial charge in [0.2, 0.25) is 0 Å². The minimum absolute atomic E-state index is 0. The predicted molar refractivity (Wildman–Crippen MR) is 71.8 cm³/mol. The molecule has 0 amide bonds. The largest absolute Gasteiger partial charge is 2.00 e. The smallest absolute Gasteiger partial charge is 1.00 e. The van der Waals surface area contributed by atoms with E-state index in [1.54, 1.807) is 18.2 Å². The second-order valence-electron chi connectivity index (χ2n) is 3.28. The zero-order valence-electron chi connectivity index (χ0n) is 9.50. The maximum Gasteiger partial charge on any atom is 2.00 e. The van der Waals surface area contributed by atoms with Gasteiger partial charge in [0.05, 0.1) is 11.6 Å². The Balaban J connectivity index is 0.00000144. The van der Waals surface area contributed by atoms with E-state index in [4.69, 9.17) is 27.9 Å². The van der Waals surface area contributed by atoms with Gasteiger partial charge in [0.1, 0.15) is 5.75 Å². The molecule has 2 aromatic carbocycles. The van der Waals surface area contributed by atoms with Gasteiger partial charge >= 0.3 is 23.1 Å². The van der Waals surface area contributed by atoms with Crippen molar-refractivity contribution in [3.63, 3.8) is 0 Å². The molecule has 0 bridgehead atoms. The summed E-state index contributed by atoms with van der Waals surface area (Å²) >= 11 is 11.8. The molecule has 0 aromatic heterocycles. The minimum Gasteiger partial charge on any atom is -1.00 e. The summed E-state index contributed by atoms with van der Waals surface area (Å²) < 4.78 is 5.57. The van der Waals surface area contributed by atoms with Crippen LogP contribution in [0.15, 0.2) is 42.5 Å². The molecule has 5 heteroatoms. The van der Waals surface area contributed by atoms with Gasteiger partial charge in [-0.05, 0) is 12.1 Å². The fraction of sp³-hybridized carbons (Fsp3) is 0.0769. The zero-order valence-corrected chi connectivity index (χ0v) is 14.0. The van der Waals surface area contributed by atoms with Gasteiger partial charge in [-0.25, -0.2) is 0 Å². The molecule has 0 atom stereocenters. The van der Waals surface area contributed by atoms with Gasteiger partial charge in [0.15, 0.2) is 0 Å². The van der Waals surface area contributed by atoms with Crippen LogP contribution in [0.4, 0.5) is 0 Å². The number of hydrogen-bond donors (Lipinski definition) is 0. The van der Waals surface area contributed by atoms with Crippen LogP contribution in [0, 0.1) is 6.07 Å². The molecule has 0 unspecified atom stereocenters. The van der Waals surface area contributed by atoms with E-state index in [0.717, 1.165) is 5.56 Å². The van der Waals surface area contributed by atoms with Crippen molar-refractivity contribution in [1.82, 2.24) is 0 Å². The summed E-state index contributed by atoms with van der Waals surface area (Å²) in [6.45, 7) is 0.456. The summed E-state index contributed by atoms with van der Waals surface area (Å²) in [5.41, 5.74) is 1.04. The topological polar surface area (TPSA) is 9.23 Å². The van der Waals surface area contributed by atoms with Gasteiger partial charge in [-0.3, -0.25) is 0 Å². The van der Waals surface area contributed by atoms with Crippen LogP contribution in [-0.4, -0.2) is 23.1 Å². The van der Waals surface area contributed by atoms with E-state index in [-0.39, 0.29) is 40.0 Å². The predicted octanol–water partition coefficient (Wildman–Crippen LogP) is 0.996. The minimum atomic E-state index is 0. The molecule has 0 saturated heterocycles. The Kier molecular flexibility index (Phi) is 9.08. The molecule has 18 heavy (non-hydrogen) atoms. The van der Waals surface area contributed by atoms with Crippen LogP contribution < -0.4 is 21.7 Å². The normalized spacial score (nSPS) is 9.00. The summed E-state index contributed by atoms with van der Waals surface area (Å²) in [6.07, 6.45) is 0.